The molecule has 0 spiro atoms. The smallest absolute Gasteiger partial charge is 0.352 e. The minimum atomic E-state index is -1.32. The van der Waals surface area contributed by atoms with Gasteiger partial charge in [0.15, 0.2) is 17.5 Å². The highest BCUT2D eigenvalue weighted by atomic mass is 32.2. The maximum Gasteiger partial charge on any atom is 0.352 e. The molecule has 1 fully saturated rings. The van der Waals surface area contributed by atoms with Crippen LogP contribution in [0.1, 0.15) is 5.69 Å². The Bertz CT molecular complexity index is 1400. The number of aromatic nitrogens is 5. The van der Waals surface area contributed by atoms with Crippen molar-refractivity contribution in [1.82, 2.24) is 35.4 Å². The quantitative estimate of drug-likeness (QED) is 0.0605. The number of nitrogens with zero attached hydrogens (tertiary/aromatic N) is 7. The predicted molar refractivity (Wildman–Crippen MR) is 134 cm³/mol. The highest BCUT2D eigenvalue weighted by molar-refractivity contribution is 8.01. The van der Waals surface area contributed by atoms with Crippen LogP contribution in [0.25, 0.3) is 0 Å². The van der Waals surface area contributed by atoms with Gasteiger partial charge in [-0.3, -0.25) is 19.3 Å². The molecule has 4 heterocycles. The largest absolute Gasteiger partial charge is 0.480 e. The van der Waals surface area contributed by atoms with E-state index in [-0.39, 0.29) is 45.5 Å². The lowest BCUT2D eigenvalue weighted by atomic mass is 10.0. The molecular weight excluding hydrogens is 562 g/mol. The van der Waals surface area contributed by atoms with Crippen molar-refractivity contribution in [2.24, 2.45) is 5.16 Å². The summed E-state index contributed by atoms with van der Waals surface area (Å²) in [5, 5.41) is 37.1. The normalized spacial score (nSPS) is 18.9. The average Bonchev–Trinajstić information content (AvgIpc) is 3.50. The molecule has 16 nitrogen and oxygen atoms in total. The van der Waals surface area contributed by atoms with Crippen LogP contribution in [0, 0.1) is 12.3 Å². The van der Waals surface area contributed by atoms with Crippen molar-refractivity contribution in [3.8, 4) is 12.3 Å². The molecule has 0 radical (unpaired) electrons. The first-order chi connectivity index (χ1) is 18.2. The molecule has 2 aliphatic heterocycles. The van der Waals surface area contributed by atoms with Crippen LogP contribution in [0.3, 0.4) is 0 Å². The Balaban J connectivity index is 1.48. The van der Waals surface area contributed by atoms with E-state index in [9.17, 15) is 24.3 Å². The van der Waals surface area contributed by atoms with Gasteiger partial charge in [-0.25, -0.2) is 14.5 Å². The first kappa shape index (κ1) is 26.9. The second kappa shape index (κ2) is 11.5. The minimum absolute atomic E-state index is 0.0940. The van der Waals surface area contributed by atoms with Crippen molar-refractivity contribution in [1.29, 1.82) is 0 Å². The van der Waals surface area contributed by atoms with Gasteiger partial charge in [0, 0.05) is 16.9 Å². The molecule has 0 bridgehead atoms. The molecule has 0 saturated carbocycles. The number of hydrogen-bond acceptors (Lipinski definition) is 14. The molecule has 2 amide bonds. The van der Waals surface area contributed by atoms with E-state index in [2.05, 4.69) is 36.9 Å². The summed E-state index contributed by atoms with van der Waals surface area (Å²) in [4.78, 5) is 59.0. The molecule has 38 heavy (non-hydrogen) atoms. The molecule has 4 rings (SSSR count). The SMILES string of the molecule is C#CCON=C(C(=O)NC1C(=O)N2C(C(=O)O)=C(CSc3nnnn3CC(=O)O)CS[C@@H]12)c1csc(N)n1. The molecule has 198 valence electrons. The van der Waals surface area contributed by atoms with Crippen LogP contribution in [-0.4, -0.2) is 99.3 Å². The van der Waals surface area contributed by atoms with Crippen LogP contribution >= 0.6 is 34.9 Å². The van der Waals surface area contributed by atoms with E-state index >= 15 is 0 Å². The summed E-state index contributed by atoms with van der Waals surface area (Å²) in [5.74, 6) is -1.35. The molecule has 1 saturated heterocycles. The van der Waals surface area contributed by atoms with Crippen molar-refractivity contribution < 1.29 is 34.2 Å². The number of nitrogens with two attached hydrogens (primary N) is 1. The van der Waals surface area contributed by atoms with Crippen LogP contribution in [0.15, 0.2) is 27.0 Å². The van der Waals surface area contributed by atoms with Gasteiger partial charge >= 0.3 is 11.9 Å². The lowest BCUT2D eigenvalue weighted by Crippen LogP contribution is -2.71. The third kappa shape index (κ3) is 5.56. The molecule has 0 aromatic carbocycles. The van der Waals surface area contributed by atoms with Crippen molar-refractivity contribution >= 4 is 69.5 Å². The number of nitrogens with one attached hydrogen (secondary N) is 1. The summed E-state index contributed by atoms with van der Waals surface area (Å²) in [6.45, 7) is -0.670. The third-order valence-corrected chi connectivity index (χ3v) is 8.04. The lowest BCUT2D eigenvalue weighted by molar-refractivity contribution is -0.150. The molecule has 19 heteroatoms. The van der Waals surface area contributed by atoms with Crippen LogP contribution < -0.4 is 11.1 Å². The number of amides is 2. The number of thioether (sulfide) groups is 2. The highest BCUT2D eigenvalue weighted by Gasteiger charge is 2.54. The zero-order chi connectivity index (χ0) is 27.4. The average molecular weight is 580 g/mol. The van der Waals surface area contributed by atoms with Crippen LogP contribution in [0.5, 0.6) is 0 Å². The first-order valence-corrected chi connectivity index (χ1v) is 13.3. The van der Waals surface area contributed by atoms with Gasteiger partial charge in [-0.1, -0.05) is 22.8 Å². The van der Waals surface area contributed by atoms with Crippen molar-refractivity contribution in [3.63, 3.8) is 0 Å². The Morgan fingerprint density at radius 1 is 1.39 bits per heavy atom. The standard InChI is InChI=1S/C19H17N9O7S3/c1-2-3-35-24-11(9-7-37-18(20)21-9)14(31)22-12-15(32)28-13(17(33)34)8(5-36-16(12)28)6-38-19-23-25-26-27(19)4-10(29)30/h1,7,12,16H,3-6H2,(H2,20,21)(H,22,31)(H,29,30)(H,33,34)/t12?,16-/m0/s1. The molecule has 2 aromatic rings. The van der Waals surface area contributed by atoms with Crippen molar-refractivity contribution in [2.75, 3.05) is 23.8 Å². The molecule has 2 atom stereocenters. The monoisotopic (exact) mass is 579 g/mol. The number of carboxylic acid groups (broad SMARTS) is 2. The van der Waals surface area contributed by atoms with Gasteiger partial charge in [-0.05, 0) is 16.0 Å². The molecule has 2 aliphatic rings. The summed E-state index contributed by atoms with van der Waals surface area (Å²) >= 11 is 3.36. The number of nitrogen functional groups attached to an aromatic ring is 1. The van der Waals surface area contributed by atoms with Crippen molar-refractivity contribution in [3.05, 3.63) is 22.3 Å². The molecule has 1 unspecified atom stereocenters. The Labute approximate surface area is 225 Å². The van der Waals surface area contributed by atoms with E-state index in [0.29, 0.717) is 5.57 Å². The summed E-state index contributed by atoms with van der Waals surface area (Å²) in [5.41, 5.74) is 5.72. The molecular formula is C19H17N9O7S3. The fourth-order valence-corrected chi connectivity index (χ4v) is 6.33. The number of fused-ring (bicyclic) bond motifs is 1. The second-order valence-corrected chi connectivity index (χ2v) is 10.3. The van der Waals surface area contributed by atoms with E-state index in [1.807, 2.05) is 0 Å². The number of β-lactam (4-membered cyclic amide) rings is 1. The van der Waals surface area contributed by atoms with E-state index in [1.165, 1.54) is 17.1 Å². The number of oxime groups is 1. The van der Waals surface area contributed by atoms with Crippen LogP contribution in [-0.2, 0) is 30.6 Å². The van der Waals surface area contributed by atoms with Gasteiger partial charge in [0.1, 0.15) is 29.4 Å². The molecule has 0 aliphatic carbocycles. The van der Waals surface area contributed by atoms with Gasteiger partial charge in [0.05, 0.1) is 0 Å². The lowest BCUT2D eigenvalue weighted by Gasteiger charge is -2.49. The summed E-state index contributed by atoms with van der Waals surface area (Å²) in [7, 11) is 0. The van der Waals surface area contributed by atoms with E-state index in [4.69, 9.17) is 22.1 Å². The van der Waals surface area contributed by atoms with E-state index in [0.717, 1.165) is 32.7 Å². The number of tetrazole rings is 1. The second-order valence-electron chi connectivity index (χ2n) is 7.41. The topological polar surface area (TPSA) is 228 Å². The zero-order valence-corrected chi connectivity index (χ0v) is 21.5. The third-order valence-electron chi connectivity index (χ3n) is 4.98. The number of rotatable bonds is 11. The Hall–Kier alpha value is -4.15. The Morgan fingerprint density at radius 3 is 2.84 bits per heavy atom. The number of carbonyl (C=O) groups is 4. The number of carboxylic acids is 2. The minimum Gasteiger partial charge on any atom is -0.480 e. The number of hydrogen-bond donors (Lipinski definition) is 4. The number of carbonyl (C=O) groups excluding carboxylic acids is 2. The fourth-order valence-electron chi connectivity index (χ4n) is 3.42. The van der Waals surface area contributed by atoms with E-state index < -0.39 is 41.7 Å². The number of aliphatic carboxylic acids is 2. The van der Waals surface area contributed by atoms with Gasteiger partial charge in [-0.15, -0.1) is 34.6 Å². The predicted octanol–water partition coefficient (Wildman–Crippen LogP) is -1.32. The van der Waals surface area contributed by atoms with Gasteiger partial charge in [0.2, 0.25) is 5.16 Å². The summed E-state index contributed by atoms with van der Waals surface area (Å²) < 4.78 is 1.07. The fraction of sp³-hybridized carbons (Fsp3) is 0.316. The number of terminal acetylenes is 1. The number of thiazole rings is 1. The van der Waals surface area contributed by atoms with Gasteiger partial charge < -0.3 is 26.1 Å². The highest BCUT2D eigenvalue weighted by Crippen LogP contribution is 2.41. The summed E-state index contributed by atoms with van der Waals surface area (Å²) in [6.07, 6.45) is 5.14. The van der Waals surface area contributed by atoms with Crippen LogP contribution in [0.2, 0.25) is 0 Å². The van der Waals surface area contributed by atoms with Crippen LogP contribution in [0.4, 0.5) is 5.13 Å². The molecule has 5 N–H and O–H groups in total. The van der Waals surface area contributed by atoms with E-state index in [1.54, 1.807) is 0 Å². The maximum atomic E-state index is 13.0. The maximum absolute atomic E-state index is 13.0. The zero-order valence-electron chi connectivity index (χ0n) is 19.0. The Kier molecular flexibility index (Phi) is 8.13. The molecule has 2 aromatic heterocycles. The van der Waals surface area contributed by atoms with Crippen molar-refractivity contribution in [2.45, 2.75) is 23.1 Å². The first-order valence-electron chi connectivity index (χ1n) is 10.4. The van der Waals surface area contributed by atoms with Gasteiger partial charge in [-0.2, -0.15) is 0 Å². The summed E-state index contributed by atoms with van der Waals surface area (Å²) in [6, 6.07) is -1.03. The number of anilines is 1. The van der Waals surface area contributed by atoms with Gasteiger partial charge in [0.25, 0.3) is 11.8 Å². The Morgan fingerprint density at radius 2 is 2.18 bits per heavy atom.